The molecule has 5 rings (SSSR count). The van der Waals surface area contributed by atoms with Crippen LogP contribution in [0.5, 0.6) is 0 Å². The first-order valence-corrected chi connectivity index (χ1v) is 13.0. The molecule has 33 heavy (non-hydrogen) atoms. The van der Waals surface area contributed by atoms with Gasteiger partial charge in [-0.05, 0) is 56.2 Å². The molecule has 1 unspecified atom stereocenters. The summed E-state index contributed by atoms with van der Waals surface area (Å²) in [5, 5.41) is 14.4. The molecule has 3 heterocycles. The van der Waals surface area contributed by atoms with E-state index in [1.54, 1.807) is 4.90 Å². The van der Waals surface area contributed by atoms with Crippen LogP contribution in [-0.2, 0) is 24.2 Å². The standard InChI is InChI=1S/C18H17ClN4S.C7H15NO/c1-10-21-22-15-9-20-17(11-5-2-3-7-13(11)19)16-12-6-4-8-14(12)24-18(16)23(10)15;1-3-5-8(7-9)6-4-2/h2-3,5,7,17,20H,4,6,8-9H2,1H3;7H,3-6H2,1-2H3. The highest BCUT2D eigenvalue weighted by Gasteiger charge is 2.33. The van der Waals surface area contributed by atoms with E-state index in [9.17, 15) is 4.79 Å². The van der Waals surface area contributed by atoms with Gasteiger partial charge >= 0.3 is 0 Å². The Morgan fingerprint density at radius 3 is 2.67 bits per heavy atom. The Kier molecular flexibility index (Phi) is 7.83. The summed E-state index contributed by atoms with van der Waals surface area (Å²) in [5.41, 5.74) is 4.03. The van der Waals surface area contributed by atoms with Gasteiger partial charge in [0.1, 0.15) is 10.8 Å². The van der Waals surface area contributed by atoms with Crippen molar-refractivity contribution in [1.29, 1.82) is 0 Å². The Morgan fingerprint density at radius 2 is 1.97 bits per heavy atom. The van der Waals surface area contributed by atoms with Gasteiger partial charge in [0, 0.05) is 28.6 Å². The molecule has 0 spiro atoms. The van der Waals surface area contributed by atoms with E-state index in [1.165, 1.54) is 33.8 Å². The average Bonchev–Trinajstić information content (AvgIpc) is 3.48. The fraction of sp³-hybridized carbons (Fsp3) is 0.480. The minimum absolute atomic E-state index is 0.105. The van der Waals surface area contributed by atoms with Crippen molar-refractivity contribution >= 4 is 29.3 Å². The maximum Gasteiger partial charge on any atom is 0.209 e. The average molecular weight is 486 g/mol. The van der Waals surface area contributed by atoms with Gasteiger partial charge in [0.15, 0.2) is 5.82 Å². The van der Waals surface area contributed by atoms with Gasteiger partial charge in [0.25, 0.3) is 0 Å². The number of aromatic nitrogens is 3. The van der Waals surface area contributed by atoms with Gasteiger partial charge < -0.3 is 4.90 Å². The monoisotopic (exact) mass is 485 g/mol. The summed E-state index contributed by atoms with van der Waals surface area (Å²) in [6, 6.07) is 8.25. The fourth-order valence-corrected chi connectivity index (χ4v) is 6.46. The lowest BCUT2D eigenvalue weighted by atomic mass is 9.96. The molecule has 1 aromatic carbocycles. The molecular weight excluding hydrogens is 454 g/mol. The summed E-state index contributed by atoms with van der Waals surface area (Å²) in [6.07, 6.45) is 6.61. The van der Waals surface area contributed by atoms with Crippen molar-refractivity contribution in [2.24, 2.45) is 0 Å². The van der Waals surface area contributed by atoms with E-state index in [2.05, 4.69) is 46.1 Å². The quantitative estimate of drug-likeness (QED) is 0.485. The summed E-state index contributed by atoms with van der Waals surface area (Å²) in [4.78, 5) is 13.5. The minimum Gasteiger partial charge on any atom is -0.345 e. The predicted octanol–water partition coefficient (Wildman–Crippen LogP) is 5.24. The van der Waals surface area contributed by atoms with Crippen LogP contribution in [0.2, 0.25) is 5.02 Å². The van der Waals surface area contributed by atoms with Crippen LogP contribution in [-0.4, -0.2) is 39.2 Å². The second-order valence-corrected chi connectivity index (χ2v) is 10.0. The maximum absolute atomic E-state index is 10.2. The molecule has 8 heteroatoms. The van der Waals surface area contributed by atoms with Crippen molar-refractivity contribution in [3.63, 3.8) is 0 Å². The van der Waals surface area contributed by atoms with Crippen molar-refractivity contribution in [3.8, 4) is 5.00 Å². The molecule has 3 aromatic rings. The van der Waals surface area contributed by atoms with E-state index in [4.69, 9.17) is 11.6 Å². The lowest BCUT2D eigenvalue weighted by Gasteiger charge is -2.20. The fourth-order valence-electron chi connectivity index (χ4n) is 4.72. The van der Waals surface area contributed by atoms with Crippen LogP contribution in [0.4, 0.5) is 0 Å². The largest absolute Gasteiger partial charge is 0.345 e. The zero-order valence-corrected chi connectivity index (χ0v) is 21.2. The van der Waals surface area contributed by atoms with Crippen LogP contribution in [0.1, 0.15) is 72.4 Å². The highest BCUT2D eigenvalue weighted by atomic mass is 35.5. The second kappa shape index (κ2) is 10.8. The van der Waals surface area contributed by atoms with Gasteiger partial charge in [-0.3, -0.25) is 14.7 Å². The molecule has 0 bridgehead atoms. The van der Waals surface area contributed by atoms with Crippen LogP contribution in [0.25, 0.3) is 5.00 Å². The van der Waals surface area contributed by atoms with Crippen LogP contribution in [0.3, 0.4) is 0 Å². The molecule has 176 valence electrons. The number of nitrogens with one attached hydrogen (secondary N) is 1. The Labute approximate surface area is 205 Å². The summed E-state index contributed by atoms with van der Waals surface area (Å²) in [6.45, 7) is 8.67. The van der Waals surface area contributed by atoms with Gasteiger partial charge in [-0.15, -0.1) is 21.5 Å². The normalized spacial score (nSPS) is 16.2. The van der Waals surface area contributed by atoms with Crippen molar-refractivity contribution in [3.05, 3.63) is 62.5 Å². The van der Waals surface area contributed by atoms with Crippen LogP contribution in [0.15, 0.2) is 24.3 Å². The summed E-state index contributed by atoms with van der Waals surface area (Å²) in [5.74, 6) is 1.93. The highest BCUT2D eigenvalue weighted by Crippen LogP contribution is 2.45. The number of hydrogen-bond donors (Lipinski definition) is 1. The molecule has 1 aliphatic heterocycles. The highest BCUT2D eigenvalue weighted by molar-refractivity contribution is 7.15. The first kappa shape index (κ1) is 23.9. The number of hydrogen-bond acceptors (Lipinski definition) is 5. The summed E-state index contributed by atoms with van der Waals surface area (Å²) in [7, 11) is 0. The van der Waals surface area contributed by atoms with Crippen LogP contribution < -0.4 is 5.32 Å². The zero-order chi connectivity index (χ0) is 23.4. The van der Waals surface area contributed by atoms with Crippen molar-refractivity contribution in [1.82, 2.24) is 25.0 Å². The number of benzene rings is 1. The zero-order valence-electron chi connectivity index (χ0n) is 19.6. The molecule has 0 saturated carbocycles. The van der Waals surface area contributed by atoms with Crippen LogP contribution >= 0.6 is 22.9 Å². The Hall–Kier alpha value is -2.22. The summed E-state index contributed by atoms with van der Waals surface area (Å²) < 4.78 is 2.22. The number of aryl methyl sites for hydroxylation is 2. The number of nitrogens with zero attached hydrogens (tertiary/aromatic N) is 4. The summed E-state index contributed by atoms with van der Waals surface area (Å²) >= 11 is 8.44. The molecule has 1 amide bonds. The minimum atomic E-state index is 0.105. The topological polar surface area (TPSA) is 63.1 Å². The second-order valence-electron chi connectivity index (χ2n) is 8.55. The number of carbonyl (C=O) groups excluding carboxylic acids is 1. The van der Waals surface area contributed by atoms with Crippen LogP contribution in [0, 0.1) is 6.92 Å². The lowest BCUT2D eigenvalue weighted by molar-refractivity contribution is -0.118. The van der Waals surface area contributed by atoms with E-state index in [0.717, 1.165) is 61.0 Å². The molecule has 0 saturated heterocycles. The molecule has 0 fully saturated rings. The third kappa shape index (κ3) is 4.86. The predicted molar refractivity (Wildman–Crippen MR) is 134 cm³/mol. The van der Waals surface area contributed by atoms with E-state index < -0.39 is 0 Å². The van der Waals surface area contributed by atoms with Gasteiger partial charge in [0.05, 0.1) is 12.6 Å². The Morgan fingerprint density at radius 1 is 1.21 bits per heavy atom. The van der Waals surface area contributed by atoms with Gasteiger partial charge in [0.2, 0.25) is 6.41 Å². The van der Waals surface area contributed by atoms with Gasteiger partial charge in [-0.25, -0.2) is 0 Å². The number of carbonyl (C=O) groups is 1. The third-order valence-corrected chi connectivity index (χ3v) is 7.81. The number of amides is 1. The van der Waals surface area contributed by atoms with Crippen molar-refractivity contribution in [2.75, 3.05) is 13.1 Å². The lowest BCUT2D eigenvalue weighted by Crippen LogP contribution is -2.23. The molecule has 1 aliphatic carbocycles. The maximum atomic E-state index is 10.2. The van der Waals surface area contributed by atoms with E-state index >= 15 is 0 Å². The Bertz CT molecular complexity index is 1100. The molecule has 0 radical (unpaired) electrons. The van der Waals surface area contributed by atoms with Crippen molar-refractivity contribution < 1.29 is 4.79 Å². The molecule has 6 nitrogen and oxygen atoms in total. The number of thiophene rings is 1. The van der Waals surface area contributed by atoms with Gasteiger partial charge in [-0.1, -0.05) is 43.6 Å². The first-order chi connectivity index (χ1) is 16.1. The number of halogens is 1. The SMILES string of the molecule is CCCN(C=O)CCC.Cc1nnc2n1-c1sc3c(c1C(c1ccccc1Cl)NC2)CCC3. The van der Waals surface area contributed by atoms with E-state index in [-0.39, 0.29) is 6.04 Å². The third-order valence-electron chi connectivity index (χ3n) is 6.18. The smallest absolute Gasteiger partial charge is 0.209 e. The molecule has 1 atom stereocenters. The molecule has 2 aromatic heterocycles. The first-order valence-electron chi connectivity index (χ1n) is 11.8. The van der Waals surface area contributed by atoms with Crippen molar-refractivity contribution in [2.45, 2.75) is 65.5 Å². The van der Waals surface area contributed by atoms with E-state index in [0.29, 0.717) is 6.54 Å². The molecule has 1 N–H and O–H groups in total. The van der Waals surface area contributed by atoms with E-state index in [1.807, 2.05) is 30.4 Å². The molecule has 2 aliphatic rings. The van der Waals surface area contributed by atoms with Gasteiger partial charge in [-0.2, -0.15) is 0 Å². The number of rotatable bonds is 6. The Balaban J connectivity index is 0.000000248. The molecular formula is C25H32ClN5OS. The number of fused-ring (bicyclic) bond motifs is 5.